The number of nitro benzene ring substituents is 1. The van der Waals surface area contributed by atoms with Gasteiger partial charge in [0, 0.05) is 23.4 Å². The maximum absolute atomic E-state index is 12.8. The molecule has 0 aliphatic carbocycles. The monoisotopic (exact) mass is 450 g/mol. The molecule has 0 unspecified atom stereocenters. The van der Waals surface area contributed by atoms with Gasteiger partial charge in [-0.1, -0.05) is 12.1 Å². The highest BCUT2D eigenvalue weighted by Gasteiger charge is 2.18. The molecule has 0 spiro atoms. The van der Waals surface area contributed by atoms with Gasteiger partial charge in [-0.05, 0) is 48.0 Å². The van der Waals surface area contributed by atoms with Crippen LogP contribution in [0.25, 0.3) is 11.1 Å². The van der Waals surface area contributed by atoms with Gasteiger partial charge in [-0.2, -0.15) is 8.78 Å². The number of sulfonamides is 1. The van der Waals surface area contributed by atoms with Crippen LogP contribution in [-0.2, 0) is 10.0 Å². The van der Waals surface area contributed by atoms with Crippen LogP contribution in [0, 0.1) is 10.1 Å². The lowest BCUT2D eigenvalue weighted by molar-refractivity contribution is -0.384. The van der Waals surface area contributed by atoms with E-state index in [1.54, 1.807) is 24.3 Å². The van der Waals surface area contributed by atoms with Crippen molar-refractivity contribution in [3.05, 3.63) is 76.8 Å². The van der Waals surface area contributed by atoms with Crippen LogP contribution in [-0.4, -0.2) is 27.1 Å². The van der Waals surface area contributed by atoms with Crippen LogP contribution in [0.15, 0.2) is 71.6 Å². The number of nitrogens with zero attached hydrogens (tertiary/aromatic N) is 1. The second-order valence-electron chi connectivity index (χ2n) is 6.17. The van der Waals surface area contributed by atoms with Gasteiger partial charge in [-0.25, -0.2) is 8.42 Å². The normalized spacial score (nSPS) is 11.2. The third kappa shape index (κ3) is 5.25. The molecule has 3 aromatic carbocycles. The number of rotatable bonds is 8. The summed E-state index contributed by atoms with van der Waals surface area (Å²) < 4.78 is 62.9. The Bertz CT molecular complexity index is 1180. The second kappa shape index (κ2) is 8.96. The van der Waals surface area contributed by atoms with Gasteiger partial charge in [0.15, 0.2) is 0 Å². The summed E-state index contributed by atoms with van der Waals surface area (Å²) in [4.78, 5) is 9.90. The molecule has 11 heteroatoms. The Morgan fingerprint density at radius 1 is 1.00 bits per heavy atom. The first-order valence-electron chi connectivity index (χ1n) is 8.70. The Labute approximate surface area is 176 Å². The number of ether oxygens (including phenoxy) is 2. The quantitative estimate of drug-likeness (QED) is 0.395. The highest BCUT2D eigenvalue weighted by atomic mass is 32.2. The molecule has 0 radical (unpaired) electrons. The van der Waals surface area contributed by atoms with Crippen LogP contribution >= 0.6 is 0 Å². The Morgan fingerprint density at radius 2 is 1.65 bits per heavy atom. The first kappa shape index (κ1) is 22.0. The van der Waals surface area contributed by atoms with Crippen LogP contribution < -0.4 is 14.2 Å². The molecule has 0 atom stereocenters. The Morgan fingerprint density at radius 3 is 2.19 bits per heavy atom. The van der Waals surface area contributed by atoms with E-state index in [0.29, 0.717) is 11.3 Å². The number of nitrogens with one attached hydrogen (secondary N) is 1. The Hall–Kier alpha value is -3.73. The highest BCUT2D eigenvalue weighted by Crippen LogP contribution is 2.35. The fraction of sp³-hybridized carbons (Fsp3) is 0.100. The molecule has 1 N–H and O–H groups in total. The molecular formula is C20H16F2N2O6S. The Balaban J connectivity index is 1.96. The molecule has 3 rings (SSSR count). The van der Waals surface area contributed by atoms with E-state index in [1.165, 1.54) is 25.3 Å². The summed E-state index contributed by atoms with van der Waals surface area (Å²) in [6, 6.07) is 14.6. The average molecular weight is 450 g/mol. The summed E-state index contributed by atoms with van der Waals surface area (Å²) in [6.45, 7) is -3.07. The van der Waals surface area contributed by atoms with Gasteiger partial charge >= 0.3 is 6.61 Å². The number of halogens is 2. The van der Waals surface area contributed by atoms with Crippen molar-refractivity contribution in [1.29, 1.82) is 0 Å². The van der Waals surface area contributed by atoms with E-state index in [2.05, 4.69) is 9.46 Å². The smallest absolute Gasteiger partial charge is 0.387 e. The molecular weight excluding hydrogens is 434 g/mol. The standard InChI is InChI=1S/C20H16F2N2O6S/c1-29-16-7-2-13(3-8-16)18-12-14(4-11-19(18)30-20(21)22)23-31(27,28)17-9-5-15(6-10-17)24(25)26/h2-12,20,23H,1H3. The summed E-state index contributed by atoms with van der Waals surface area (Å²) >= 11 is 0. The summed E-state index contributed by atoms with van der Waals surface area (Å²) in [5, 5.41) is 10.7. The average Bonchev–Trinajstić information content (AvgIpc) is 2.74. The van der Waals surface area contributed by atoms with Gasteiger partial charge in [0.1, 0.15) is 11.5 Å². The fourth-order valence-corrected chi connectivity index (χ4v) is 3.80. The molecule has 31 heavy (non-hydrogen) atoms. The van der Waals surface area contributed by atoms with E-state index in [4.69, 9.17) is 4.74 Å². The number of methoxy groups -OCH3 is 1. The molecule has 0 fully saturated rings. The van der Waals surface area contributed by atoms with E-state index in [0.717, 1.165) is 24.3 Å². The topological polar surface area (TPSA) is 108 Å². The molecule has 162 valence electrons. The third-order valence-electron chi connectivity index (χ3n) is 4.21. The van der Waals surface area contributed by atoms with Crippen molar-refractivity contribution >= 4 is 21.4 Å². The van der Waals surface area contributed by atoms with Crippen LogP contribution in [0.2, 0.25) is 0 Å². The van der Waals surface area contributed by atoms with Crippen LogP contribution in [0.3, 0.4) is 0 Å². The fourth-order valence-electron chi connectivity index (χ4n) is 2.75. The molecule has 0 heterocycles. The molecule has 0 aromatic heterocycles. The first-order chi connectivity index (χ1) is 14.7. The van der Waals surface area contributed by atoms with E-state index in [1.807, 2.05) is 0 Å². The number of hydrogen-bond donors (Lipinski definition) is 1. The molecule has 0 aliphatic heterocycles. The molecule has 0 aliphatic rings. The summed E-state index contributed by atoms with van der Waals surface area (Å²) in [5.41, 5.74) is 0.555. The van der Waals surface area contributed by atoms with E-state index >= 15 is 0 Å². The SMILES string of the molecule is COc1ccc(-c2cc(NS(=O)(=O)c3ccc([N+](=O)[O-])cc3)ccc2OC(F)F)cc1. The molecule has 0 saturated carbocycles. The van der Waals surface area contributed by atoms with Gasteiger partial charge in [-0.15, -0.1) is 0 Å². The van der Waals surface area contributed by atoms with Gasteiger partial charge in [0.2, 0.25) is 0 Å². The number of anilines is 1. The second-order valence-corrected chi connectivity index (χ2v) is 7.86. The third-order valence-corrected chi connectivity index (χ3v) is 5.60. The van der Waals surface area contributed by atoms with E-state index < -0.39 is 21.6 Å². The van der Waals surface area contributed by atoms with Crippen molar-refractivity contribution in [3.63, 3.8) is 0 Å². The van der Waals surface area contributed by atoms with Gasteiger partial charge < -0.3 is 9.47 Å². The van der Waals surface area contributed by atoms with Crippen molar-refractivity contribution in [2.75, 3.05) is 11.8 Å². The minimum absolute atomic E-state index is 0.0887. The van der Waals surface area contributed by atoms with Gasteiger partial charge in [0.25, 0.3) is 15.7 Å². The lowest BCUT2D eigenvalue weighted by Crippen LogP contribution is -2.13. The number of non-ortho nitro benzene ring substituents is 1. The summed E-state index contributed by atoms with van der Waals surface area (Å²) in [6.07, 6.45) is 0. The van der Waals surface area contributed by atoms with Crippen molar-refractivity contribution < 1.29 is 31.6 Å². The number of benzene rings is 3. The zero-order chi connectivity index (χ0) is 22.6. The van der Waals surface area contributed by atoms with Gasteiger partial charge in [0.05, 0.1) is 16.9 Å². The van der Waals surface area contributed by atoms with Crippen LogP contribution in [0.5, 0.6) is 11.5 Å². The zero-order valence-electron chi connectivity index (χ0n) is 16.0. The predicted octanol–water partition coefficient (Wildman–Crippen LogP) is 4.67. The molecule has 0 amide bonds. The van der Waals surface area contributed by atoms with Crippen molar-refractivity contribution in [3.8, 4) is 22.6 Å². The van der Waals surface area contributed by atoms with Crippen LogP contribution in [0.1, 0.15) is 0 Å². The number of alkyl halides is 2. The molecule has 8 nitrogen and oxygen atoms in total. The van der Waals surface area contributed by atoms with Crippen molar-refractivity contribution in [2.45, 2.75) is 11.5 Å². The maximum Gasteiger partial charge on any atom is 0.387 e. The molecule has 0 saturated heterocycles. The predicted molar refractivity (Wildman–Crippen MR) is 109 cm³/mol. The van der Waals surface area contributed by atoms with Gasteiger partial charge in [-0.3, -0.25) is 14.8 Å². The lowest BCUT2D eigenvalue weighted by atomic mass is 10.0. The Kier molecular flexibility index (Phi) is 6.35. The lowest BCUT2D eigenvalue weighted by Gasteiger charge is -2.14. The first-order valence-corrected chi connectivity index (χ1v) is 10.2. The minimum atomic E-state index is -4.08. The van der Waals surface area contributed by atoms with Crippen LogP contribution in [0.4, 0.5) is 20.2 Å². The van der Waals surface area contributed by atoms with E-state index in [9.17, 15) is 27.3 Å². The highest BCUT2D eigenvalue weighted by molar-refractivity contribution is 7.92. The molecule has 0 bridgehead atoms. The van der Waals surface area contributed by atoms with Crippen molar-refractivity contribution in [1.82, 2.24) is 0 Å². The largest absolute Gasteiger partial charge is 0.497 e. The zero-order valence-corrected chi connectivity index (χ0v) is 16.8. The minimum Gasteiger partial charge on any atom is -0.497 e. The summed E-state index contributed by atoms with van der Waals surface area (Å²) in [7, 11) is -2.60. The number of nitro groups is 1. The molecule has 3 aromatic rings. The summed E-state index contributed by atoms with van der Waals surface area (Å²) in [5.74, 6) is 0.411. The number of hydrogen-bond acceptors (Lipinski definition) is 6. The van der Waals surface area contributed by atoms with E-state index in [-0.39, 0.29) is 27.6 Å². The van der Waals surface area contributed by atoms with Crippen molar-refractivity contribution in [2.24, 2.45) is 0 Å². The maximum atomic E-state index is 12.8.